The average Bonchev–Trinajstić information content (AvgIpc) is 3.82. The summed E-state index contributed by atoms with van der Waals surface area (Å²) in [5, 5.41) is 7.21. The number of hydrogen-bond acceptors (Lipinski definition) is 3. The third-order valence-electron chi connectivity index (χ3n) is 10.9. The van der Waals surface area contributed by atoms with Crippen LogP contribution in [0.1, 0.15) is 0 Å². The minimum atomic E-state index is 0.916. The maximum absolute atomic E-state index is 6.46. The van der Waals surface area contributed by atoms with Gasteiger partial charge in [-0.3, -0.25) is 0 Å². The zero-order valence-corrected chi connectivity index (χ0v) is 30.6. The fourth-order valence-corrected chi connectivity index (χ4v) is 9.23. The number of hydrogen-bond donors (Lipinski definition) is 0. The lowest BCUT2D eigenvalue weighted by Crippen LogP contribution is -2.10. The predicted octanol–water partition coefficient (Wildman–Crippen LogP) is 15.6. The van der Waals surface area contributed by atoms with Gasteiger partial charge in [-0.05, 0) is 87.8 Å². The SMILES string of the molecule is c1ccc(-c2ccc(-c3ccc(N(c4ccc5sc6ccc(-c7cccc8c7oc7ccccc78)cc6c5c4)c4cccc5ccccc45)cc3)cc2)cc1. The molecule has 0 radical (unpaired) electrons. The Kier molecular flexibility index (Phi) is 7.39. The molecule has 2 aromatic heterocycles. The first-order valence-electron chi connectivity index (χ1n) is 18.7. The highest BCUT2D eigenvalue weighted by molar-refractivity contribution is 7.25. The highest BCUT2D eigenvalue weighted by atomic mass is 32.1. The molecule has 9 aromatic carbocycles. The van der Waals surface area contributed by atoms with Gasteiger partial charge in [0.15, 0.2) is 0 Å². The molecule has 0 fully saturated rings. The maximum Gasteiger partial charge on any atom is 0.143 e. The number of benzene rings is 9. The molecule has 0 spiro atoms. The lowest BCUT2D eigenvalue weighted by atomic mass is 9.99. The summed E-state index contributed by atoms with van der Waals surface area (Å²) in [4.78, 5) is 2.41. The van der Waals surface area contributed by atoms with Crippen molar-refractivity contribution in [3.8, 4) is 33.4 Å². The second kappa shape index (κ2) is 12.9. The molecule has 0 bridgehead atoms. The average molecular weight is 720 g/mol. The van der Waals surface area contributed by atoms with Crippen molar-refractivity contribution in [2.45, 2.75) is 0 Å². The molecule has 0 amide bonds. The quantitative estimate of drug-likeness (QED) is 0.170. The molecule has 0 aliphatic carbocycles. The first kappa shape index (κ1) is 31.6. The number of para-hydroxylation sites is 2. The van der Waals surface area contributed by atoms with Gasteiger partial charge in [-0.15, -0.1) is 11.3 Å². The minimum Gasteiger partial charge on any atom is -0.455 e. The van der Waals surface area contributed by atoms with Crippen LogP contribution >= 0.6 is 11.3 Å². The van der Waals surface area contributed by atoms with E-state index in [1.54, 1.807) is 0 Å². The molecule has 0 atom stereocenters. The number of anilines is 3. The van der Waals surface area contributed by atoms with Crippen LogP contribution in [-0.2, 0) is 0 Å². The van der Waals surface area contributed by atoms with Crippen LogP contribution in [0.15, 0.2) is 205 Å². The normalized spacial score (nSPS) is 11.6. The van der Waals surface area contributed by atoms with Gasteiger partial charge in [0, 0.05) is 53.3 Å². The van der Waals surface area contributed by atoms with E-state index in [0.717, 1.165) is 50.1 Å². The fourth-order valence-electron chi connectivity index (χ4n) is 8.17. The largest absolute Gasteiger partial charge is 0.455 e. The highest BCUT2D eigenvalue weighted by Gasteiger charge is 2.18. The second-order valence-corrected chi connectivity index (χ2v) is 15.2. The third kappa shape index (κ3) is 5.40. The summed E-state index contributed by atoms with van der Waals surface area (Å²) < 4.78 is 9.00. The van der Waals surface area contributed by atoms with Crippen molar-refractivity contribution in [2.75, 3.05) is 4.90 Å². The van der Waals surface area contributed by atoms with E-state index in [0.29, 0.717) is 0 Å². The van der Waals surface area contributed by atoms with E-state index in [1.165, 1.54) is 53.2 Å². The Labute approximate surface area is 322 Å². The number of fused-ring (bicyclic) bond motifs is 7. The van der Waals surface area contributed by atoms with Crippen molar-refractivity contribution in [2.24, 2.45) is 0 Å². The number of rotatable bonds is 6. The molecule has 0 aliphatic heterocycles. The van der Waals surface area contributed by atoms with Gasteiger partial charge in [0.25, 0.3) is 0 Å². The van der Waals surface area contributed by atoms with Gasteiger partial charge >= 0.3 is 0 Å². The monoisotopic (exact) mass is 719 g/mol. The summed E-state index contributed by atoms with van der Waals surface area (Å²) in [5.41, 5.74) is 12.3. The van der Waals surface area contributed by atoms with E-state index in [4.69, 9.17) is 4.42 Å². The smallest absolute Gasteiger partial charge is 0.143 e. The van der Waals surface area contributed by atoms with E-state index in [9.17, 15) is 0 Å². The summed E-state index contributed by atoms with van der Waals surface area (Å²) in [6.07, 6.45) is 0. The van der Waals surface area contributed by atoms with E-state index in [1.807, 2.05) is 17.4 Å². The van der Waals surface area contributed by atoms with Crippen molar-refractivity contribution < 1.29 is 4.42 Å². The topological polar surface area (TPSA) is 16.4 Å². The predicted molar refractivity (Wildman–Crippen MR) is 235 cm³/mol. The lowest BCUT2D eigenvalue weighted by molar-refractivity contribution is 0.670. The molecule has 0 N–H and O–H groups in total. The van der Waals surface area contributed by atoms with Crippen LogP contribution in [0.4, 0.5) is 17.1 Å². The summed E-state index contributed by atoms with van der Waals surface area (Å²) >= 11 is 1.84. The van der Waals surface area contributed by atoms with Crippen LogP contribution in [0.2, 0.25) is 0 Å². The molecule has 2 nitrogen and oxygen atoms in total. The molecule has 0 unspecified atom stereocenters. The summed E-state index contributed by atoms with van der Waals surface area (Å²) in [6, 6.07) is 72.2. The van der Waals surface area contributed by atoms with Gasteiger partial charge in [-0.25, -0.2) is 0 Å². The van der Waals surface area contributed by atoms with Crippen LogP contribution in [-0.4, -0.2) is 0 Å². The van der Waals surface area contributed by atoms with Crippen LogP contribution in [0.3, 0.4) is 0 Å². The molecule has 0 saturated heterocycles. The number of thiophene rings is 1. The van der Waals surface area contributed by atoms with Gasteiger partial charge in [0.2, 0.25) is 0 Å². The molecule has 0 aliphatic rings. The summed E-state index contributed by atoms with van der Waals surface area (Å²) in [5.74, 6) is 0. The van der Waals surface area contributed by atoms with Crippen LogP contribution < -0.4 is 4.90 Å². The maximum atomic E-state index is 6.46. The molecular weight excluding hydrogens is 687 g/mol. The standard InChI is InChI=1S/C52H33NOS/c1-2-10-34(11-3-1)35-20-22-36(23-21-35)37-24-27-40(28-25-37)53(48-18-8-13-38-12-4-5-14-42(38)48)41-29-31-51-47(33-41)46-32-39(26-30-50(46)55-51)43-16-9-17-45-44-15-6-7-19-49(44)54-52(43)45/h1-33H. The minimum absolute atomic E-state index is 0.916. The molecule has 55 heavy (non-hydrogen) atoms. The Morgan fingerprint density at radius 3 is 1.73 bits per heavy atom. The number of furan rings is 1. The van der Waals surface area contributed by atoms with Gasteiger partial charge in [0.05, 0.1) is 5.69 Å². The summed E-state index contributed by atoms with van der Waals surface area (Å²) in [7, 11) is 0. The lowest BCUT2D eigenvalue weighted by Gasteiger charge is -2.27. The van der Waals surface area contributed by atoms with E-state index in [2.05, 4.69) is 199 Å². The van der Waals surface area contributed by atoms with Crippen molar-refractivity contribution in [1.82, 2.24) is 0 Å². The van der Waals surface area contributed by atoms with Crippen molar-refractivity contribution in [3.63, 3.8) is 0 Å². The second-order valence-electron chi connectivity index (χ2n) is 14.1. The van der Waals surface area contributed by atoms with E-state index in [-0.39, 0.29) is 0 Å². The van der Waals surface area contributed by atoms with E-state index < -0.39 is 0 Å². The molecular formula is C52H33NOS. The summed E-state index contributed by atoms with van der Waals surface area (Å²) in [6.45, 7) is 0. The molecule has 11 aromatic rings. The van der Waals surface area contributed by atoms with Crippen molar-refractivity contribution >= 4 is 81.3 Å². The Bertz CT molecular complexity index is 3190. The molecule has 258 valence electrons. The van der Waals surface area contributed by atoms with Gasteiger partial charge in [-0.2, -0.15) is 0 Å². The van der Waals surface area contributed by atoms with Crippen molar-refractivity contribution in [1.29, 1.82) is 0 Å². The molecule has 2 heterocycles. The Morgan fingerprint density at radius 1 is 0.364 bits per heavy atom. The zero-order valence-electron chi connectivity index (χ0n) is 29.8. The van der Waals surface area contributed by atoms with Crippen LogP contribution in [0, 0.1) is 0 Å². The molecule has 11 rings (SSSR count). The Morgan fingerprint density at radius 2 is 0.927 bits per heavy atom. The van der Waals surface area contributed by atoms with Gasteiger partial charge in [-0.1, -0.05) is 146 Å². The van der Waals surface area contributed by atoms with E-state index >= 15 is 0 Å². The first-order chi connectivity index (χ1) is 27.2. The molecule has 0 saturated carbocycles. The Balaban J connectivity index is 1.03. The van der Waals surface area contributed by atoms with Crippen molar-refractivity contribution in [3.05, 3.63) is 200 Å². The van der Waals surface area contributed by atoms with Gasteiger partial charge < -0.3 is 9.32 Å². The third-order valence-corrected chi connectivity index (χ3v) is 12.0. The van der Waals surface area contributed by atoms with Gasteiger partial charge in [0.1, 0.15) is 11.2 Å². The number of nitrogens with zero attached hydrogens (tertiary/aromatic N) is 1. The highest BCUT2D eigenvalue weighted by Crippen LogP contribution is 2.44. The van der Waals surface area contributed by atoms with Crippen LogP contribution in [0.5, 0.6) is 0 Å². The molecule has 3 heteroatoms. The van der Waals surface area contributed by atoms with Crippen LogP contribution in [0.25, 0.3) is 86.3 Å². The first-order valence-corrected chi connectivity index (χ1v) is 19.5. The Hall–Kier alpha value is -6.94. The zero-order chi connectivity index (χ0) is 36.3. The fraction of sp³-hybridized carbons (Fsp3) is 0.